The maximum Gasteiger partial charge on any atom is 0 e. The molecule has 0 heterocycles. The van der Waals surface area contributed by atoms with Crippen molar-refractivity contribution >= 4 is 0 Å². The molecule has 0 rings (SSSR count). The number of hydrogen-bond donors (Lipinski definition) is 0. The maximum atomic E-state index is 8.41. The summed E-state index contributed by atoms with van der Waals surface area (Å²) in [6.45, 7) is 0. The molecule has 0 aromatic rings. The van der Waals surface area contributed by atoms with E-state index in [9.17, 15) is 0 Å². The summed E-state index contributed by atoms with van der Waals surface area (Å²) in [7, 11) is 0. The molecule has 0 saturated heterocycles. The van der Waals surface area contributed by atoms with E-state index in [1.165, 1.54) is 0 Å². The second kappa shape index (κ2) is 9.16. The van der Waals surface area contributed by atoms with Gasteiger partial charge in [0.25, 0.3) is 0 Å². The van der Waals surface area contributed by atoms with Gasteiger partial charge in [0.2, 0.25) is 0 Å². The normalized spacial score (nSPS) is 3.00. The van der Waals surface area contributed by atoms with Gasteiger partial charge >= 0.3 is 22.5 Å². The van der Waals surface area contributed by atoms with Crippen molar-refractivity contribution in [1.82, 2.24) is 0 Å². The fraction of sp³-hybridized carbons (Fsp3) is 0. The smallest absolute Gasteiger partial charge is 0 e. The molecule has 0 radical (unpaired) electrons. The standard InChI is InChI=1S/Mn.2O.Ti. The van der Waals surface area contributed by atoms with Gasteiger partial charge in [-0.05, 0) is 0 Å². The molecule has 0 aliphatic heterocycles. The predicted octanol–water partition coefficient (Wildman–Crippen LogP) is -0.243. The Balaban J connectivity index is 0. The summed E-state index contributed by atoms with van der Waals surface area (Å²) < 4.78 is 16.8. The quantitative estimate of drug-likeness (QED) is 0.429. The van der Waals surface area contributed by atoms with E-state index >= 15 is 0 Å². The van der Waals surface area contributed by atoms with Gasteiger partial charge in [-0.3, -0.25) is 0 Å². The minimum Gasteiger partial charge on any atom is 0 e. The molecule has 0 bridgehead atoms. The Morgan fingerprint density at radius 3 is 1.25 bits per heavy atom. The van der Waals surface area contributed by atoms with Gasteiger partial charge < -0.3 is 0 Å². The average Bonchev–Trinajstić information content (AvgIpc) is 0.918. The number of rotatable bonds is 0. The van der Waals surface area contributed by atoms with Gasteiger partial charge in [0, 0.05) is 21.7 Å². The first-order valence-corrected chi connectivity index (χ1v) is 1.27. The van der Waals surface area contributed by atoms with Crippen LogP contribution in [0, 0.1) is 0 Å². The van der Waals surface area contributed by atoms with Crippen molar-refractivity contribution in [2.45, 2.75) is 0 Å². The minimum atomic E-state index is -1.44. The summed E-state index contributed by atoms with van der Waals surface area (Å²) in [5, 5.41) is 0. The summed E-state index contributed by atoms with van der Waals surface area (Å²) in [5.41, 5.74) is 0. The van der Waals surface area contributed by atoms with Crippen LogP contribution in [0.5, 0.6) is 0 Å². The van der Waals surface area contributed by atoms with Crippen LogP contribution in [0.25, 0.3) is 0 Å². The zero-order chi connectivity index (χ0) is 2.71. The van der Waals surface area contributed by atoms with E-state index in [4.69, 9.17) is 7.67 Å². The first-order valence-electron chi connectivity index (χ1n) is 0.309. The van der Waals surface area contributed by atoms with Crippen molar-refractivity contribution < 1.29 is 44.2 Å². The molecule has 0 spiro atoms. The molecule has 0 atom stereocenters. The van der Waals surface area contributed by atoms with Crippen LogP contribution in [0.15, 0.2) is 0 Å². The molecule has 0 fully saturated rings. The molecule has 0 aliphatic carbocycles. The molecule has 0 N–H and O–H groups in total. The van der Waals surface area contributed by atoms with Crippen LogP contribution in [-0.2, 0) is 44.2 Å². The van der Waals surface area contributed by atoms with Gasteiger partial charge in [0.1, 0.15) is 0 Å². The zero-order valence-corrected chi connectivity index (χ0v) is 4.44. The summed E-state index contributed by atoms with van der Waals surface area (Å²) in [6.07, 6.45) is 0. The van der Waals surface area contributed by atoms with Gasteiger partial charge in [-0.25, -0.2) is 0 Å². The van der Waals surface area contributed by atoms with Crippen molar-refractivity contribution in [3.63, 3.8) is 0 Å². The van der Waals surface area contributed by atoms with Crippen molar-refractivity contribution in [2.24, 2.45) is 0 Å². The molecule has 4 heavy (non-hydrogen) atoms. The second-order valence-corrected chi connectivity index (χ2v) is 0.260. The Labute approximate surface area is 44.4 Å². The molecule has 0 aromatic heterocycles. The molecule has 0 aromatic carbocycles. The third-order valence-electron chi connectivity index (χ3n) is 0. The van der Waals surface area contributed by atoms with Gasteiger partial charge in [0.15, 0.2) is 0 Å². The summed E-state index contributed by atoms with van der Waals surface area (Å²) in [6, 6.07) is 0. The molecule has 4 heteroatoms. The molecule has 23 valence electrons. The van der Waals surface area contributed by atoms with Crippen LogP contribution >= 0.6 is 0 Å². The van der Waals surface area contributed by atoms with E-state index in [0.717, 1.165) is 0 Å². The average molecular weight is 135 g/mol. The molecule has 0 unspecified atom stereocenters. The Hall–Kier alpha value is 0.834. The van der Waals surface area contributed by atoms with E-state index in [1.54, 1.807) is 0 Å². The monoisotopic (exact) mass is 135 g/mol. The fourth-order valence-corrected chi connectivity index (χ4v) is 0. The Bertz CT molecular complexity index is 27.0. The van der Waals surface area contributed by atoms with Crippen molar-refractivity contribution in [3.05, 3.63) is 0 Å². The third-order valence-corrected chi connectivity index (χ3v) is 0. The van der Waals surface area contributed by atoms with E-state index in [2.05, 4.69) is 0 Å². The second-order valence-electron chi connectivity index (χ2n) is 0.0630. The zero-order valence-electron chi connectivity index (χ0n) is 1.69. The Kier molecular flexibility index (Phi) is 20.2. The first-order chi connectivity index (χ1) is 1.41. The third kappa shape index (κ3) is 13.7. The van der Waals surface area contributed by atoms with Gasteiger partial charge in [-0.1, -0.05) is 0 Å². The van der Waals surface area contributed by atoms with Gasteiger partial charge in [0.05, 0.1) is 0 Å². The molecular formula is MnO2Ti. The van der Waals surface area contributed by atoms with Crippen LogP contribution in [0.1, 0.15) is 0 Å². The van der Waals surface area contributed by atoms with Crippen LogP contribution < -0.4 is 0 Å². The van der Waals surface area contributed by atoms with Crippen LogP contribution in [0.2, 0.25) is 0 Å². The van der Waals surface area contributed by atoms with E-state index in [0.29, 0.717) is 0 Å². The van der Waals surface area contributed by atoms with Gasteiger partial charge in [-0.2, -0.15) is 0 Å². The van der Waals surface area contributed by atoms with E-state index in [-0.39, 0.29) is 21.7 Å². The van der Waals surface area contributed by atoms with Crippen molar-refractivity contribution in [3.8, 4) is 0 Å². The number of hydrogen-bond acceptors (Lipinski definition) is 2. The largest absolute Gasteiger partial charge is 0 e. The summed E-state index contributed by atoms with van der Waals surface area (Å²) in [4.78, 5) is 0. The summed E-state index contributed by atoms with van der Waals surface area (Å²) in [5.74, 6) is 0. The first kappa shape index (κ1) is 8.85. The van der Waals surface area contributed by atoms with Crippen LogP contribution in [0.3, 0.4) is 0 Å². The van der Waals surface area contributed by atoms with Crippen molar-refractivity contribution in [1.29, 1.82) is 0 Å². The van der Waals surface area contributed by atoms with E-state index in [1.807, 2.05) is 0 Å². The van der Waals surface area contributed by atoms with E-state index < -0.39 is 14.8 Å². The Morgan fingerprint density at radius 1 is 1.25 bits per heavy atom. The Morgan fingerprint density at radius 2 is 1.25 bits per heavy atom. The molecular weight excluding hydrogens is 135 g/mol. The minimum absolute atomic E-state index is 0. The summed E-state index contributed by atoms with van der Waals surface area (Å²) >= 11 is -1.44. The molecule has 0 aliphatic rings. The topological polar surface area (TPSA) is 34.1 Å². The maximum absolute atomic E-state index is 8.41. The molecule has 0 amide bonds. The predicted molar refractivity (Wildman–Crippen MR) is 1.37 cm³/mol. The molecule has 2 nitrogen and oxygen atoms in total. The SMILES string of the molecule is [O]=[Mn]=[O].[Ti]. The van der Waals surface area contributed by atoms with Crippen LogP contribution in [0.4, 0.5) is 0 Å². The van der Waals surface area contributed by atoms with Gasteiger partial charge in [-0.15, -0.1) is 0 Å². The van der Waals surface area contributed by atoms with Crippen molar-refractivity contribution in [2.75, 3.05) is 0 Å². The van der Waals surface area contributed by atoms with Crippen LogP contribution in [-0.4, -0.2) is 0 Å². The fourth-order valence-electron chi connectivity index (χ4n) is 0. The molecule has 0 saturated carbocycles.